The number of phenols is 1. The second kappa shape index (κ2) is 20.5. The lowest BCUT2D eigenvalue weighted by atomic mass is 9.82. The Bertz CT molecular complexity index is 1540. The van der Waals surface area contributed by atoms with Crippen LogP contribution < -0.4 is 15.4 Å². The zero-order valence-electron chi connectivity index (χ0n) is 31.4. The van der Waals surface area contributed by atoms with E-state index in [1.165, 1.54) is 26.2 Å². The lowest BCUT2D eigenvalue weighted by Crippen LogP contribution is -2.54. The number of nitrogens with one attached hydrogen (secondary N) is 2. The van der Waals surface area contributed by atoms with Crippen LogP contribution in [0.15, 0.2) is 22.6 Å². The number of oxazole rings is 1. The maximum Gasteiger partial charge on any atom is 0.328 e. The summed E-state index contributed by atoms with van der Waals surface area (Å²) in [5, 5.41) is 36.6. The van der Waals surface area contributed by atoms with Crippen molar-refractivity contribution < 1.29 is 53.4 Å². The number of phenolic OH excluding ortho intramolecular Hbond substituents is 1. The summed E-state index contributed by atoms with van der Waals surface area (Å²) in [6, 6.07) is 2.28. The molecule has 4 amide bonds. The third-order valence-electron chi connectivity index (χ3n) is 9.48. The molecule has 0 aliphatic carbocycles. The molecule has 1 aromatic heterocycles. The summed E-state index contributed by atoms with van der Waals surface area (Å²) in [7, 11) is 1.46. The minimum atomic E-state index is -1.32. The van der Waals surface area contributed by atoms with Gasteiger partial charge in [0, 0.05) is 13.1 Å². The van der Waals surface area contributed by atoms with Crippen LogP contribution in [0.2, 0.25) is 0 Å². The Balaban J connectivity index is 1.86. The molecule has 2 aromatic rings. The molecule has 16 nitrogen and oxygen atoms in total. The fraction of sp³-hybridized carbons (Fsp3) is 0.622. The van der Waals surface area contributed by atoms with E-state index in [1.54, 1.807) is 19.9 Å². The van der Waals surface area contributed by atoms with Crippen LogP contribution >= 0.6 is 0 Å². The fourth-order valence-corrected chi connectivity index (χ4v) is 6.06. The topological polar surface area (TPSA) is 221 Å². The molecule has 0 spiro atoms. The number of carbonyl (C=O) groups is 5. The van der Waals surface area contributed by atoms with Crippen LogP contribution in [0.4, 0.5) is 0 Å². The Hall–Kier alpha value is -4.70. The number of hydroxylamine groups is 4. The minimum Gasteiger partial charge on any atom is -0.507 e. The smallest absolute Gasteiger partial charge is 0.328 e. The molecule has 2 heterocycles. The van der Waals surface area contributed by atoms with Gasteiger partial charge < -0.3 is 29.6 Å². The van der Waals surface area contributed by atoms with Crippen molar-refractivity contribution in [2.45, 2.75) is 123 Å². The third kappa shape index (κ3) is 12.2. The van der Waals surface area contributed by atoms with Crippen LogP contribution in [0.1, 0.15) is 114 Å². The van der Waals surface area contributed by atoms with Crippen molar-refractivity contribution in [1.82, 2.24) is 25.7 Å². The first kappa shape index (κ1) is 42.7. The highest BCUT2D eigenvalue weighted by Gasteiger charge is 2.42. The number of aromatic hydroxyl groups is 1. The number of ether oxygens (including phenoxy) is 2. The van der Waals surface area contributed by atoms with Crippen LogP contribution in [0.25, 0.3) is 11.5 Å². The van der Waals surface area contributed by atoms with E-state index >= 15 is 0 Å². The highest BCUT2D eigenvalue weighted by molar-refractivity contribution is 5.96. The summed E-state index contributed by atoms with van der Waals surface area (Å²) < 4.78 is 17.0. The third-order valence-corrected chi connectivity index (χ3v) is 9.48. The standard InChI is InChI=1S/C37H55N5O11/c1-6-7-8-9-10-17-30(37(3,4)36(48)39-27-15-12-14-21-42(50)34(27)46)53-35(47)28(16-11-13-20-41(49)23-43)38-32(45)31-24(2)52-33(40-31)26-22-25(51-5)18-19-29(26)44/h18-19,22-23,27-28,30,44,49-50H,6-17,20-21H2,1-5H3,(H,38,45)(H,39,48)/t27-,28+,30-/m0/s1. The van der Waals surface area contributed by atoms with E-state index in [4.69, 9.17) is 13.9 Å². The number of amides is 4. The highest BCUT2D eigenvalue weighted by atomic mass is 16.5. The van der Waals surface area contributed by atoms with Gasteiger partial charge in [-0.05, 0) is 90.3 Å². The van der Waals surface area contributed by atoms with E-state index in [-0.39, 0.29) is 54.6 Å². The highest BCUT2D eigenvalue weighted by Crippen LogP contribution is 2.34. The SMILES string of the molecule is CCCCCCC[C@H](OC(=O)[C@@H](CCCCN(O)C=O)NC(=O)c1nc(-c2cc(OC)ccc2O)oc1C)C(C)(C)C(=O)N[C@H]1CCCCN(O)C1=O. The number of rotatable bonds is 21. The normalized spacial score (nSPS) is 15.9. The Morgan fingerprint density at radius 3 is 2.55 bits per heavy atom. The number of esters is 1. The van der Waals surface area contributed by atoms with E-state index in [2.05, 4.69) is 22.5 Å². The second-order valence-electron chi connectivity index (χ2n) is 13.9. The number of carbonyl (C=O) groups excluding carboxylic acids is 5. The number of aryl methyl sites for hydroxylation is 1. The van der Waals surface area contributed by atoms with Crippen LogP contribution in [0.3, 0.4) is 0 Å². The fourth-order valence-electron chi connectivity index (χ4n) is 6.06. The molecule has 16 heteroatoms. The summed E-state index contributed by atoms with van der Waals surface area (Å²) in [6.45, 7) is 7.02. The molecule has 294 valence electrons. The van der Waals surface area contributed by atoms with E-state index in [1.807, 2.05) is 0 Å². The largest absolute Gasteiger partial charge is 0.507 e. The molecule has 0 radical (unpaired) electrons. The van der Waals surface area contributed by atoms with E-state index in [0.717, 1.165) is 25.7 Å². The molecule has 53 heavy (non-hydrogen) atoms. The number of aromatic nitrogens is 1. The molecular formula is C37H55N5O11. The van der Waals surface area contributed by atoms with Gasteiger partial charge in [0.2, 0.25) is 18.2 Å². The predicted molar refractivity (Wildman–Crippen MR) is 191 cm³/mol. The van der Waals surface area contributed by atoms with Crippen LogP contribution in [0.5, 0.6) is 11.5 Å². The van der Waals surface area contributed by atoms with Gasteiger partial charge in [-0.1, -0.05) is 32.6 Å². The van der Waals surface area contributed by atoms with Gasteiger partial charge in [-0.25, -0.2) is 19.9 Å². The Labute approximate surface area is 310 Å². The molecule has 1 saturated heterocycles. The summed E-state index contributed by atoms with van der Waals surface area (Å²) in [5.41, 5.74) is -1.27. The molecule has 1 aromatic carbocycles. The number of benzene rings is 1. The number of hydrogen-bond donors (Lipinski definition) is 5. The number of nitrogens with zero attached hydrogens (tertiary/aromatic N) is 3. The lowest BCUT2D eigenvalue weighted by molar-refractivity contribution is -0.169. The van der Waals surface area contributed by atoms with Gasteiger partial charge in [-0.15, -0.1) is 0 Å². The van der Waals surface area contributed by atoms with Gasteiger partial charge in [-0.3, -0.25) is 29.6 Å². The predicted octanol–water partition coefficient (Wildman–Crippen LogP) is 4.67. The van der Waals surface area contributed by atoms with Crippen molar-refractivity contribution in [1.29, 1.82) is 0 Å². The Kier molecular flexibility index (Phi) is 16.5. The van der Waals surface area contributed by atoms with Crippen LogP contribution in [0, 0.1) is 12.3 Å². The van der Waals surface area contributed by atoms with Crippen molar-refractivity contribution >= 4 is 30.1 Å². The monoisotopic (exact) mass is 745 g/mol. The molecule has 1 aliphatic heterocycles. The Morgan fingerprint density at radius 2 is 1.85 bits per heavy atom. The zero-order chi connectivity index (χ0) is 39.1. The molecule has 1 fully saturated rings. The second-order valence-corrected chi connectivity index (χ2v) is 13.9. The van der Waals surface area contributed by atoms with E-state index in [9.17, 15) is 39.5 Å². The molecule has 5 N–H and O–H groups in total. The van der Waals surface area contributed by atoms with Crippen molar-refractivity contribution in [2.24, 2.45) is 5.41 Å². The first-order valence-electron chi connectivity index (χ1n) is 18.3. The minimum absolute atomic E-state index is 0.00621. The van der Waals surface area contributed by atoms with E-state index in [0.29, 0.717) is 60.8 Å². The van der Waals surface area contributed by atoms with Gasteiger partial charge in [-0.2, -0.15) is 0 Å². The van der Waals surface area contributed by atoms with Crippen molar-refractivity contribution in [3.63, 3.8) is 0 Å². The quantitative estimate of drug-likeness (QED) is 0.0387. The molecule has 0 unspecified atom stereocenters. The van der Waals surface area contributed by atoms with Gasteiger partial charge >= 0.3 is 5.97 Å². The molecular weight excluding hydrogens is 690 g/mol. The van der Waals surface area contributed by atoms with Crippen molar-refractivity contribution in [3.8, 4) is 23.0 Å². The molecule has 3 atom stereocenters. The maximum absolute atomic E-state index is 14.0. The number of methoxy groups -OCH3 is 1. The van der Waals surface area contributed by atoms with Gasteiger partial charge in [0.05, 0.1) is 18.1 Å². The Morgan fingerprint density at radius 1 is 1.13 bits per heavy atom. The summed E-state index contributed by atoms with van der Waals surface area (Å²) in [5.74, 6) is -2.36. The summed E-state index contributed by atoms with van der Waals surface area (Å²) >= 11 is 0. The molecule has 1 aliphatic rings. The van der Waals surface area contributed by atoms with Gasteiger partial charge in [0.15, 0.2) is 5.69 Å². The molecule has 0 bridgehead atoms. The summed E-state index contributed by atoms with van der Waals surface area (Å²) in [4.78, 5) is 69.3. The average molecular weight is 746 g/mol. The number of hydrogen-bond acceptors (Lipinski definition) is 12. The first-order valence-corrected chi connectivity index (χ1v) is 18.3. The summed E-state index contributed by atoms with van der Waals surface area (Å²) in [6.07, 6.45) is 6.34. The molecule has 0 saturated carbocycles. The molecule has 3 rings (SSSR count). The first-order chi connectivity index (χ1) is 25.2. The number of unbranched alkanes of at least 4 members (excludes halogenated alkanes) is 5. The zero-order valence-corrected chi connectivity index (χ0v) is 31.4. The average Bonchev–Trinajstić information content (AvgIpc) is 3.46. The van der Waals surface area contributed by atoms with Crippen molar-refractivity contribution in [3.05, 3.63) is 29.7 Å². The lowest BCUT2D eigenvalue weighted by Gasteiger charge is -2.35. The maximum atomic E-state index is 14.0. The van der Waals surface area contributed by atoms with Crippen LogP contribution in [-0.4, -0.2) is 99.1 Å². The van der Waals surface area contributed by atoms with E-state index < -0.39 is 47.3 Å². The van der Waals surface area contributed by atoms with Gasteiger partial charge in [0.25, 0.3) is 11.8 Å². The van der Waals surface area contributed by atoms with Crippen molar-refractivity contribution in [2.75, 3.05) is 20.2 Å². The van der Waals surface area contributed by atoms with Gasteiger partial charge in [0.1, 0.15) is 35.4 Å². The van der Waals surface area contributed by atoms with Crippen LogP contribution in [-0.2, 0) is 23.9 Å².